The maximum Gasteiger partial charge on any atom is 0.168 e. The molecule has 1 saturated heterocycles. The Morgan fingerprint density at radius 1 is 1.10 bits per heavy atom. The van der Waals surface area contributed by atoms with Crippen LogP contribution in [0.2, 0.25) is 0 Å². The van der Waals surface area contributed by atoms with Gasteiger partial charge in [-0.2, -0.15) is 0 Å². The SMILES string of the molecule is CCS(=O)C1CCCC(NC2CCC3(CC2)OCCO3)C1. The van der Waals surface area contributed by atoms with Gasteiger partial charge in [0.15, 0.2) is 5.79 Å². The molecule has 1 N–H and O–H groups in total. The van der Waals surface area contributed by atoms with Gasteiger partial charge in [0.25, 0.3) is 0 Å². The molecule has 0 amide bonds. The molecule has 3 fully saturated rings. The lowest BCUT2D eigenvalue weighted by atomic mass is 9.87. The fraction of sp³-hybridized carbons (Fsp3) is 1.00. The third-order valence-electron chi connectivity index (χ3n) is 5.31. The first kappa shape index (κ1) is 15.9. The summed E-state index contributed by atoms with van der Waals surface area (Å²) in [5.74, 6) is 0.551. The zero-order valence-electron chi connectivity index (χ0n) is 13.1. The molecule has 0 aromatic rings. The number of hydrogen-bond donors (Lipinski definition) is 1. The molecule has 5 heteroatoms. The highest BCUT2D eigenvalue weighted by atomic mass is 32.2. The van der Waals surface area contributed by atoms with Gasteiger partial charge in [-0.3, -0.25) is 4.21 Å². The fourth-order valence-corrected chi connectivity index (χ4v) is 5.46. The predicted molar refractivity (Wildman–Crippen MR) is 84.8 cm³/mol. The van der Waals surface area contributed by atoms with Crippen molar-refractivity contribution in [2.24, 2.45) is 0 Å². The van der Waals surface area contributed by atoms with Crippen LogP contribution in [-0.4, -0.2) is 46.3 Å². The number of rotatable bonds is 4. The van der Waals surface area contributed by atoms with E-state index in [1.54, 1.807) is 0 Å². The van der Waals surface area contributed by atoms with Crippen LogP contribution in [0.25, 0.3) is 0 Å². The molecule has 4 nitrogen and oxygen atoms in total. The molecule has 0 radical (unpaired) electrons. The van der Waals surface area contributed by atoms with Gasteiger partial charge in [0.05, 0.1) is 13.2 Å². The standard InChI is InChI=1S/C16H29NO3S/c1-2-21(18)15-5-3-4-14(12-15)17-13-6-8-16(9-7-13)19-10-11-20-16/h13-15,17H,2-12H2,1H3. The van der Waals surface area contributed by atoms with Gasteiger partial charge in [-0.15, -0.1) is 0 Å². The average molecular weight is 315 g/mol. The van der Waals surface area contributed by atoms with Gasteiger partial charge in [-0.1, -0.05) is 13.3 Å². The van der Waals surface area contributed by atoms with Crippen LogP contribution in [0.5, 0.6) is 0 Å². The molecule has 2 aliphatic carbocycles. The van der Waals surface area contributed by atoms with Crippen molar-refractivity contribution in [3.05, 3.63) is 0 Å². The van der Waals surface area contributed by atoms with E-state index in [0.717, 1.165) is 57.5 Å². The molecule has 3 unspecified atom stereocenters. The molecule has 1 spiro atoms. The maximum atomic E-state index is 12.0. The Morgan fingerprint density at radius 3 is 2.48 bits per heavy atom. The van der Waals surface area contributed by atoms with E-state index in [4.69, 9.17) is 9.47 Å². The summed E-state index contributed by atoms with van der Waals surface area (Å²) in [5, 5.41) is 4.24. The molecule has 21 heavy (non-hydrogen) atoms. The van der Waals surface area contributed by atoms with E-state index in [9.17, 15) is 4.21 Å². The molecule has 2 saturated carbocycles. The van der Waals surface area contributed by atoms with Crippen LogP contribution >= 0.6 is 0 Å². The second-order valence-corrected chi connectivity index (χ2v) is 8.71. The van der Waals surface area contributed by atoms with Gasteiger partial charge in [0, 0.05) is 46.7 Å². The van der Waals surface area contributed by atoms with Gasteiger partial charge < -0.3 is 14.8 Å². The summed E-state index contributed by atoms with van der Waals surface area (Å²) in [6.45, 7) is 3.55. The molecule has 1 heterocycles. The first-order valence-electron chi connectivity index (χ1n) is 8.62. The summed E-state index contributed by atoms with van der Waals surface area (Å²) in [6.07, 6.45) is 9.01. The van der Waals surface area contributed by atoms with Crippen LogP contribution < -0.4 is 5.32 Å². The van der Waals surface area contributed by atoms with Crippen LogP contribution in [0, 0.1) is 0 Å². The van der Waals surface area contributed by atoms with Crippen LogP contribution in [0.3, 0.4) is 0 Å². The van der Waals surface area contributed by atoms with Crippen molar-refractivity contribution < 1.29 is 13.7 Å². The second-order valence-electron chi connectivity index (χ2n) is 6.70. The summed E-state index contributed by atoms with van der Waals surface area (Å²) in [7, 11) is -0.628. The number of nitrogens with one attached hydrogen (secondary N) is 1. The molecule has 0 aromatic heterocycles. The van der Waals surface area contributed by atoms with E-state index in [2.05, 4.69) is 5.32 Å². The predicted octanol–water partition coefficient (Wildman–Crippen LogP) is 2.34. The molecule has 0 bridgehead atoms. The van der Waals surface area contributed by atoms with E-state index < -0.39 is 10.8 Å². The van der Waals surface area contributed by atoms with Gasteiger partial charge in [-0.25, -0.2) is 0 Å². The summed E-state index contributed by atoms with van der Waals surface area (Å²) < 4.78 is 23.6. The summed E-state index contributed by atoms with van der Waals surface area (Å²) in [4.78, 5) is 0. The lowest BCUT2D eigenvalue weighted by molar-refractivity contribution is -0.179. The molecular formula is C16H29NO3S. The highest BCUT2D eigenvalue weighted by Crippen LogP contribution is 2.36. The Labute approximate surface area is 130 Å². The van der Waals surface area contributed by atoms with Gasteiger partial charge in [0.1, 0.15) is 0 Å². The molecule has 3 rings (SSSR count). The van der Waals surface area contributed by atoms with Gasteiger partial charge in [-0.05, 0) is 32.1 Å². The third kappa shape index (κ3) is 3.87. The van der Waals surface area contributed by atoms with Crippen LogP contribution in [-0.2, 0) is 20.3 Å². The zero-order valence-corrected chi connectivity index (χ0v) is 14.0. The Kier molecular flexibility index (Phi) is 5.36. The van der Waals surface area contributed by atoms with Crippen molar-refractivity contribution >= 4 is 10.8 Å². The van der Waals surface area contributed by atoms with Crippen molar-refractivity contribution in [2.45, 2.75) is 81.4 Å². The van der Waals surface area contributed by atoms with Crippen molar-refractivity contribution in [2.75, 3.05) is 19.0 Å². The topological polar surface area (TPSA) is 47.6 Å². The van der Waals surface area contributed by atoms with Crippen molar-refractivity contribution in [3.63, 3.8) is 0 Å². The Hall–Kier alpha value is 0.0300. The van der Waals surface area contributed by atoms with Crippen molar-refractivity contribution in [1.29, 1.82) is 0 Å². The summed E-state index contributed by atoms with van der Waals surface area (Å²) in [6, 6.07) is 1.14. The number of ether oxygens (including phenoxy) is 2. The minimum atomic E-state index is -0.628. The Bertz CT molecular complexity index is 361. The summed E-state index contributed by atoms with van der Waals surface area (Å²) in [5.41, 5.74) is 0. The maximum absolute atomic E-state index is 12.0. The molecular weight excluding hydrogens is 286 g/mol. The third-order valence-corrected chi connectivity index (χ3v) is 7.06. The Morgan fingerprint density at radius 2 is 1.81 bits per heavy atom. The van der Waals surface area contributed by atoms with Gasteiger partial charge >= 0.3 is 0 Å². The molecule has 1 aliphatic heterocycles. The largest absolute Gasteiger partial charge is 0.348 e. The van der Waals surface area contributed by atoms with Crippen LogP contribution in [0.15, 0.2) is 0 Å². The second kappa shape index (κ2) is 7.07. The molecule has 0 aromatic carbocycles. The highest BCUT2D eigenvalue weighted by Gasteiger charge is 2.40. The minimum Gasteiger partial charge on any atom is -0.348 e. The molecule has 3 aliphatic rings. The molecule has 3 atom stereocenters. The normalized spacial score (nSPS) is 35.1. The first-order chi connectivity index (χ1) is 10.2. The monoisotopic (exact) mass is 315 g/mol. The average Bonchev–Trinajstić information content (AvgIpc) is 2.98. The molecule has 122 valence electrons. The summed E-state index contributed by atoms with van der Waals surface area (Å²) >= 11 is 0. The Balaban J connectivity index is 1.45. The highest BCUT2D eigenvalue weighted by molar-refractivity contribution is 7.85. The smallest absolute Gasteiger partial charge is 0.168 e. The quantitative estimate of drug-likeness (QED) is 0.865. The van der Waals surface area contributed by atoms with E-state index in [0.29, 0.717) is 17.3 Å². The fourth-order valence-electron chi connectivity index (χ4n) is 4.11. The van der Waals surface area contributed by atoms with E-state index >= 15 is 0 Å². The van der Waals surface area contributed by atoms with Crippen LogP contribution in [0.4, 0.5) is 0 Å². The first-order valence-corrected chi connectivity index (χ1v) is 10.00. The lowest BCUT2D eigenvalue weighted by Crippen LogP contribution is -2.47. The van der Waals surface area contributed by atoms with Crippen molar-refractivity contribution in [3.8, 4) is 0 Å². The van der Waals surface area contributed by atoms with E-state index in [-0.39, 0.29) is 5.79 Å². The van der Waals surface area contributed by atoms with E-state index in [1.165, 1.54) is 12.8 Å². The van der Waals surface area contributed by atoms with Crippen LogP contribution in [0.1, 0.15) is 58.3 Å². The lowest BCUT2D eigenvalue weighted by Gasteiger charge is -2.38. The van der Waals surface area contributed by atoms with Crippen molar-refractivity contribution in [1.82, 2.24) is 5.32 Å². The zero-order chi connectivity index (χ0) is 14.7. The van der Waals surface area contributed by atoms with E-state index in [1.807, 2.05) is 6.92 Å². The minimum absolute atomic E-state index is 0.253. The number of hydrogen-bond acceptors (Lipinski definition) is 4. The van der Waals surface area contributed by atoms with Gasteiger partial charge in [0.2, 0.25) is 0 Å².